The van der Waals surface area contributed by atoms with Gasteiger partial charge in [0.05, 0.1) is 0 Å². The van der Waals surface area contributed by atoms with Crippen LogP contribution in [0.2, 0.25) is 0 Å². The Kier molecular flexibility index (Phi) is 7.36. The second-order valence-electron chi connectivity index (χ2n) is 5.18. The molecule has 0 radical (unpaired) electrons. The molecule has 4 nitrogen and oxygen atoms in total. The highest BCUT2D eigenvalue weighted by molar-refractivity contribution is 8.00. The molecule has 0 saturated heterocycles. The molecule has 0 fully saturated rings. The largest absolute Gasteiger partial charge is 0.454 e. The van der Waals surface area contributed by atoms with Crippen molar-refractivity contribution in [2.75, 3.05) is 13.2 Å². The fourth-order valence-electron chi connectivity index (χ4n) is 2.04. The van der Waals surface area contributed by atoms with E-state index >= 15 is 0 Å². The molecule has 0 aromatic heterocycles. The first-order chi connectivity index (χ1) is 11.7. The SMILES string of the molecule is CCCNC(=O)COC(=O)[C@H](Sc1ccccc1)c1ccccc1. The molecular weight excluding hydrogens is 322 g/mol. The summed E-state index contributed by atoms with van der Waals surface area (Å²) in [5.41, 5.74) is 0.852. The molecule has 0 aliphatic heterocycles. The number of hydrogen-bond donors (Lipinski definition) is 1. The molecule has 2 aromatic rings. The number of hydrogen-bond acceptors (Lipinski definition) is 4. The summed E-state index contributed by atoms with van der Waals surface area (Å²) in [6.45, 7) is 2.29. The Labute approximate surface area is 146 Å². The van der Waals surface area contributed by atoms with Crippen molar-refractivity contribution in [1.29, 1.82) is 0 Å². The molecule has 2 rings (SSSR count). The fourth-order valence-corrected chi connectivity index (χ4v) is 3.09. The van der Waals surface area contributed by atoms with Gasteiger partial charge in [-0.05, 0) is 24.1 Å². The maximum Gasteiger partial charge on any atom is 0.324 e. The quantitative estimate of drug-likeness (QED) is 0.588. The summed E-state index contributed by atoms with van der Waals surface area (Å²) in [7, 11) is 0. The van der Waals surface area contributed by atoms with Gasteiger partial charge in [-0.2, -0.15) is 0 Å². The van der Waals surface area contributed by atoms with Crippen LogP contribution < -0.4 is 5.32 Å². The lowest BCUT2D eigenvalue weighted by Crippen LogP contribution is -2.30. The van der Waals surface area contributed by atoms with Gasteiger partial charge in [0, 0.05) is 11.4 Å². The van der Waals surface area contributed by atoms with E-state index in [0.717, 1.165) is 16.9 Å². The highest BCUT2D eigenvalue weighted by Gasteiger charge is 2.24. The van der Waals surface area contributed by atoms with Gasteiger partial charge in [-0.3, -0.25) is 9.59 Å². The lowest BCUT2D eigenvalue weighted by Gasteiger charge is -2.16. The van der Waals surface area contributed by atoms with Crippen molar-refractivity contribution in [3.8, 4) is 0 Å². The first-order valence-corrected chi connectivity index (χ1v) is 8.78. The van der Waals surface area contributed by atoms with E-state index in [9.17, 15) is 9.59 Å². The number of carbonyl (C=O) groups is 2. The van der Waals surface area contributed by atoms with Gasteiger partial charge >= 0.3 is 5.97 Å². The second kappa shape index (κ2) is 9.78. The van der Waals surface area contributed by atoms with E-state index in [0.29, 0.717) is 6.54 Å². The van der Waals surface area contributed by atoms with Crippen molar-refractivity contribution in [1.82, 2.24) is 5.32 Å². The van der Waals surface area contributed by atoms with Crippen LogP contribution in [-0.4, -0.2) is 25.0 Å². The van der Waals surface area contributed by atoms with E-state index < -0.39 is 11.2 Å². The lowest BCUT2D eigenvalue weighted by molar-refractivity contribution is -0.148. The summed E-state index contributed by atoms with van der Waals surface area (Å²) < 4.78 is 5.22. The third kappa shape index (κ3) is 5.74. The highest BCUT2D eigenvalue weighted by Crippen LogP contribution is 2.36. The van der Waals surface area contributed by atoms with Crippen molar-refractivity contribution in [2.24, 2.45) is 0 Å². The molecule has 0 unspecified atom stereocenters. The molecule has 2 aromatic carbocycles. The van der Waals surface area contributed by atoms with Gasteiger partial charge in [0.1, 0.15) is 5.25 Å². The van der Waals surface area contributed by atoms with Crippen LogP contribution in [0.1, 0.15) is 24.2 Å². The maximum absolute atomic E-state index is 12.5. The summed E-state index contributed by atoms with van der Waals surface area (Å²) in [5, 5.41) is 2.19. The Hall–Kier alpha value is -2.27. The molecule has 0 aliphatic rings. The molecule has 1 atom stereocenters. The maximum atomic E-state index is 12.5. The Morgan fingerprint density at radius 3 is 2.29 bits per heavy atom. The number of nitrogens with one attached hydrogen (secondary N) is 1. The molecule has 0 aliphatic carbocycles. The van der Waals surface area contributed by atoms with E-state index in [2.05, 4.69) is 5.32 Å². The first kappa shape index (κ1) is 18.1. The van der Waals surface area contributed by atoms with E-state index in [1.807, 2.05) is 67.6 Å². The van der Waals surface area contributed by atoms with Crippen LogP contribution in [0.25, 0.3) is 0 Å². The van der Waals surface area contributed by atoms with E-state index in [-0.39, 0.29) is 12.5 Å². The Balaban J connectivity index is 2.05. The molecular formula is C19H21NO3S. The summed E-state index contributed by atoms with van der Waals surface area (Å²) in [6, 6.07) is 19.1. The third-order valence-electron chi connectivity index (χ3n) is 3.23. The minimum atomic E-state index is -0.507. The monoisotopic (exact) mass is 343 g/mol. The van der Waals surface area contributed by atoms with Gasteiger partial charge < -0.3 is 10.1 Å². The highest BCUT2D eigenvalue weighted by atomic mass is 32.2. The Morgan fingerprint density at radius 2 is 1.67 bits per heavy atom. The van der Waals surface area contributed by atoms with Gasteiger partial charge in [0.2, 0.25) is 0 Å². The number of carbonyl (C=O) groups excluding carboxylic acids is 2. The van der Waals surface area contributed by atoms with Crippen LogP contribution >= 0.6 is 11.8 Å². The van der Waals surface area contributed by atoms with Crippen LogP contribution in [0.15, 0.2) is 65.6 Å². The van der Waals surface area contributed by atoms with Crippen molar-refractivity contribution in [3.05, 3.63) is 66.2 Å². The topological polar surface area (TPSA) is 55.4 Å². The number of benzene rings is 2. The van der Waals surface area contributed by atoms with Crippen LogP contribution in [0.3, 0.4) is 0 Å². The first-order valence-electron chi connectivity index (χ1n) is 7.90. The number of esters is 1. The molecule has 0 bridgehead atoms. The minimum absolute atomic E-state index is 0.252. The van der Waals surface area contributed by atoms with Gasteiger partial charge in [-0.15, -0.1) is 11.8 Å². The normalized spacial score (nSPS) is 11.5. The number of ether oxygens (including phenoxy) is 1. The zero-order valence-corrected chi connectivity index (χ0v) is 14.4. The molecule has 126 valence electrons. The van der Waals surface area contributed by atoms with Gasteiger partial charge in [-0.1, -0.05) is 55.5 Å². The fraction of sp³-hybridized carbons (Fsp3) is 0.263. The van der Waals surface area contributed by atoms with Crippen LogP contribution in [0, 0.1) is 0 Å². The summed E-state index contributed by atoms with van der Waals surface area (Å²) in [6.07, 6.45) is 0.843. The van der Waals surface area contributed by atoms with Crippen molar-refractivity contribution in [3.63, 3.8) is 0 Å². The predicted octanol–water partition coefficient (Wildman–Crippen LogP) is 3.59. The van der Waals surface area contributed by atoms with Crippen molar-refractivity contribution >= 4 is 23.6 Å². The smallest absolute Gasteiger partial charge is 0.324 e. The average Bonchev–Trinajstić information content (AvgIpc) is 2.64. The van der Waals surface area contributed by atoms with Crippen molar-refractivity contribution in [2.45, 2.75) is 23.5 Å². The zero-order valence-electron chi connectivity index (χ0n) is 13.6. The Bertz CT molecular complexity index is 646. The van der Waals surface area contributed by atoms with E-state index in [1.54, 1.807) is 0 Å². The van der Waals surface area contributed by atoms with E-state index in [4.69, 9.17) is 4.74 Å². The van der Waals surface area contributed by atoms with Crippen LogP contribution in [0.5, 0.6) is 0 Å². The third-order valence-corrected chi connectivity index (χ3v) is 4.48. The number of rotatable bonds is 8. The summed E-state index contributed by atoms with van der Waals surface area (Å²) in [5.74, 6) is -0.691. The molecule has 1 N–H and O–H groups in total. The van der Waals surface area contributed by atoms with Crippen LogP contribution in [0.4, 0.5) is 0 Å². The molecule has 0 heterocycles. The number of amides is 1. The predicted molar refractivity (Wildman–Crippen MR) is 95.7 cm³/mol. The van der Waals surface area contributed by atoms with Crippen molar-refractivity contribution < 1.29 is 14.3 Å². The Morgan fingerprint density at radius 1 is 1.04 bits per heavy atom. The molecule has 24 heavy (non-hydrogen) atoms. The molecule has 1 amide bonds. The van der Waals surface area contributed by atoms with Crippen LogP contribution in [-0.2, 0) is 14.3 Å². The lowest BCUT2D eigenvalue weighted by atomic mass is 10.1. The molecule has 5 heteroatoms. The molecule has 0 spiro atoms. The summed E-state index contributed by atoms with van der Waals surface area (Å²) in [4.78, 5) is 25.1. The van der Waals surface area contributed by atoms with E-state index in [1.165, 1.54) is 11.8 Å². The van der Waals surface area contributed by atoms with Gasteiger partial charge in [0.15, 0.2) is 6.61 Å². The van der Waals surface area contributed by atoms with Gasteiger partial charge in [0.25, 0.3) is 5.91 Å². The minimum Gasteiger partial charge on any atom is -0.454 e. The average molecular weight is 343 g/mol. The second-order valence-corrected chi connectivity index (χ2v) is 6.36. The zero-order chi connectivity index (χ0) is 17.2. The van der Waals surface area contributed by atoms with Gasteiger partial charge in [-0.25, -0.2) is 0 Å². The number of thioether (sulfide) groups is 1. The standard InChI is InChI=1S/C19H21NO3S/c1-2-13-20-17(21)14-23-19(22)18(15-9-5-3-6-10-15)24-16-11-7-4-8-12-16/h3-12,18H,2,13-14H2,1H3,(H,20,21)/t18-/m1/s1. The summed E-state index contributed by atoms with van der Waals surface area (Å²) >= 11 is 1.41. The molecule has 0 saturated carbocycles.